The Balaban J connectivity index is 1.93. The van der Waals surface area contributed by atoms with E-state index in [-0.39, 0.29) is 5.69 Å². The molecule has 1 amide bonds. The van der Waals surface area contributed by atoms with Crippen LogP contribution in [0, 0.1) is 11.6 Å². The minimum atomic E-state index is -1.08. The molecule has 0 saturated heterocycles. The molecule has 0 heterocycles. The van der Waals surface area contributed by atoms with E-state index in [9.17, 15) is 18.4 Å². The standard InChI is InChI=1S/C16H13F2NO3S/c1-23-14-5-3-2-4-11(14)16(21)22-9-15(20)19-10-6-7-12(17)13(18)8-10/h2-8H,9H2,1H3,(H,19,20). The maximum absolute atomic E-state index is 13.0. The minimum absolute atomic E-state index is 0.0782. The van der Waals surface area contributed by atoms with E-state index in [0.717, 1.165) is 17.0 Å². The van der Waals surface area contributed by atoms with Crippen LogP contribution in [0.3, 0.4) is 0 Å². The fourth-order valence-corrected chi connectivity index (χ4v) is 2.38. The highest BCUT2D eigenvalue weighted by atomic mass is 32.2. The summed E-state index contributed by atoms with van der Waals surface area (Å²) in [5.74, 6) is -3.36. The fraction of sp³-hybridized carbons (Fsp3) is 0.125. The van der Waals surface area contributed by atoms with E-state index in [4.69, 9.17) is 4.74 Å². The number of amides is 1. The van der Waals surface area contributed by atoms with Crippen LogP contribution in [-0.2, 0) is 9.53 Å². The number of benzene rings is 2. The van der Waals surface area contributed by atoms with E-state index < -0.39 is 30.1 Å². The number of halogens is 2. The summed E-state index contributed by atoms with van der Waals surface area (Å²) in [6.45, 7) is -0.527. The van der Waals surface area contributed by atoms with E-state index in [2.05, 4.69) is 5.32 Å². The first-order chi connectivity index (χ1) is 11.0. The van der Waals surface area contributed by atoms with Crippen molar-refractivity contribution in [3.05, 3.63) is 59.7 Å². The number of thioether (sulfide) groups is 1. The Kier molecular flexibility index (Phi) is 5.70. The molecule has 0 aromatic heterocycles. The molecule has 0 fully saturated rings. The van der Waals surface area contributed by atoms with Gasteiger partial charge in [0, 0.05) is 16.6 Å². The van der Waals surface area contributed by atoms with E-state index >= 15 is 0 Å². The number of carbonyl (C=O) groups is 2. The van der Waals surface area contributed by atoms with Crippen molar-refractivity contribution >= 4 is 29.3 Å². The molecule has 0 unspecified atom stereocenters. The van der Waals surface area contributed by atoms with Crippen LogP contribution < -0.4 is 5.32 Å². The number of carbonyl (C=O) groups excluding carboxylic acids is 2. The number of nitrogens with one attached hydrogen (secondary N) is 1. The van der Waals surface area contributed by atoms with Crippen molar-refractivity contribution < 1.29 is 23.1 Å². The second-order valence-electron chi connectivity index (χ2n) is 4.45. The van der Waals surface area contributed by atoms with Gasteiger partial charge in [0.1, 0.15) is 0 Å². The molecule has 0 aliphatic heterocycles. The number of hydrogen-bond donors (Lipinski definition) is 1. The number of esters is 1. The Morgan fingerprint density at radius 2 is 1.87 bits per heavy atom. The highest BCUT2D eigenvalue weighted by Crippen LogP contribution is 2.20. The molecule has 120 valence electrons. The highest BCUT2D eigenvalue weighted by molar-refractivity contribution is 7.98. The van der Waals surface area contributed by atoms with Gasteiger partial charge in [-0.1, -0.05) is 12.1 Å². The van der Waals surface area contributed by atoms with Crippen LogP contribution in [0.4, 0.5) is 14.5 Å². The summed E-state index contributed by atoms with van der Waals surface area (Å²) in [6, 6.07) is 9.80. The first-order valence-electron chi connectivity index (χ1n) is 6.56. The van der Waals surface area contributed by atoms with Gasteiger partial charge in [0.25, 0.3) is 5.91 Å². The lowest BCUT2D eigenvalue weighted by Gasteiger charge is -2.08. The van der Waals surface area contributed by atoms with Crippen molar-refractivity contribution in [1.29, 1.82) is 0 Å². The van der Waals surface area contributed by atoms with E-state index in [1.807, 2.05) is 6.26 Å². The normalized spacial score (nSPS) is 10.2. The van der Waals surface area contributed by atoms with Crippen molar-refractivity contribution in [3.8, 4) is 0 Å². The van der Waals surface area contributed by atoms with Gasteiger partial charge in [0.2, 0.25) is 0 Å². The summed E-state index contributed by atoms with van der Waals surface area (Å²) in [7, 11) is 0. The number of anilines is 1. The van der Waals surface area contributed by atoms with Crippen molar-refractivity contribution in [1.82, 2.24) is 0 Å². The summed E-state index contributed by atoms with van der Waals surface area (Å²) in [5.41, 5.74) is 0.440. The summed E-state index contributed by atoms with van der Waals surface area (Å²) in [4.78, 5) is 24.4. The predicted octanol–water partition coefficient (Wildman–Crippen LogP) is 3.48. The summed E-state index contributed by atoms with van der Waals surface area (Å²) in [6.07, 6.45) is 1.82. The van der Waals surface area contributed by atoms with E-state index in [1.165, 1.54) is 17.8 Å². The largest absolute Gasteiger partial charge is 0.452 e. The van der Waals surface area contributed by atoms with Gasteiger partial charge in [-0.15, -0.1) is 11.8 Å². The Labute approximate surface area is 135 Å². The second kappa shape index (κ2) is 7.73. The van der Waals surface area contributed by atoms with E-state index in [0.29, 0.717) is 5.56 Å². The van der Waals surface area contributed by atoms with Crippen molar-refractivity contribution in [2.75, 3.05) is 18.2 Å². The average molecular weight is 337 g/mol. The minimum Gasteiger partial charge on any atom is -0.452 e. The second-order valence-corrected chi connectivity index (χ2v) is 5.30. The molecule has 0 spiro atoms. The lowest BCUT2D eigenvalue weighted by molar-refractivity contribution is -0.119. The zero-order valence-corrected chi connectivity index (χ0v) is 13.0. The zero-order chi connectivity index (χ0) is 16.8. The van der Waals surface area contributed by atoms with Crippen LogP contribution in [0.15, 0.2) is 47.4 Å². The number of hydrogen-bond acceptors (Lipinski definition) is 4. The highest BCUT2D eigenvalue weighted by Gasteiger charge is 2.14. The van der Waals surface area contributed by atoms with E-state index in [1.54, 1.807) is 24.3 Å². The molecule has 7 heteroatoms. The van der Waals surface area contributed by atoms with Gasteiger partial charge in [0.15, 0.2) is 18.2 Å². The number of ether oxygens (including phenoxy) is 1. The molecule has 0 radical (unpaired) electrons. The smallest absolute Gasteiger partial charge is 0.339 e. The zero-order valence-electron chi connectivity index (χ0n) is 12.1. The topological polar surface area (TPSA) is 55.4 Å². The fourth-order valence-electron chi connectivity index (χ4n) is 1.79. The van der Waals surface area contributed by atoms with Gasteiger partial charge in [-0.25, -0.2) is 13.6 Å². The lowest BCUT2D eigenvalue weighted by atomic mass is 10.2. The Morgan fingerprint density at radius 1 is 1.13 bits per heavy atom. The maximum Gasteiger partial charge on any atom is 0.339 e. The quantitative estimate of drug-likeness (QED) is 0.670. The van der Waals surface area contributed by atoms with Crippen molar-refractivity contribution in [2.24, 2.45) is 0 Å². The third-order valence-corrected chi connectivity index (χ3v) is 3.66. The van der Waals surface area contributed by atoms with Gasteiger partial charge in [-0.05, 0) is 30.5 Å². The predicted molar refractivity (Wildman–Crippen MR) is 83.5 cm³/mol. The van der Waals surface area contributed by atoms with Gasteiger partial charge < -0.3 is 10.1 Å². The molecular weight excluding hydrogens is 324 g/mol. The lowest BCUT2D eigenvalue weighted by Crippen LogP contribution is -2.21. The molecule has 23 heavy (non-hydrogen) atoms. The SMILES string of the molecule is CSc1ccccc1C(=O)OCC(=O)Nc1ccc(F)c(F)c1. The average Bonchev–Trinajstić information content (AvgIpc) is 2.56. The maximum atomic E-state index is 13.0. The molecule has 0 saturated carbocycles. The van der Waals surface area contributed by atoms with Crippen molar-refractivity contribution in [3.63, 3.8) is 0 Å². The van der Waals surface area contributed by atoms with Gasteiger partial charge >= 0.3 is 5.97 Å². The molecular formula is C16H13F2NO3S. The molecule has 0 atom stereocenters. The summed E-state index contributed by atoms with van der Waals surface area (Å²) < 4.78 is 30.8. The Bertz CT molecular complexity index is 737. The Hall–Kier alpha value is -2.41. The van der Waals surface area contributed by atoms with Crippen LogP contribution in [0.2, 0.25) is 0 Å². The first-order valence-corrected chi connectivity index (χ1v) is 7.79. The van der Waals surface area contributed by atoms with Gasteiger partial charge in [-0.3, -0.25) is 4.79 Å². The number of rotatable bonds is 5. The van der Waals surface area contributed by atoms with Gasteiger partial charge in [-0.2, -0.15) is 0 Å². The van der Waals surface area contributed by atoms with Crippen molar-refractivity contribution in [2.45, 2.75) is 4.90 Å². The molecule has 0 aliphatic carbocycles. The monoisotopic (exact) mass is 337 g/mol. The molecule has 2 aromatic carbocycles. The molecule has 1 N–H and O–H groups in total. The molecule has 4 nitrogen and oxygen atoms in total. The summed E-state index contributed by atoms with van der Waals surface area (Å²) in [5, 5.41) is 2.32. The molecule has 0 bridgehead atoms. The first kappa shape index (κ1) is 17.0. The van der Waals surface area contributed by atoms with Crippen LogP contribution in [0.25, 0.3) is 0 Å². The molecule has 2 rings (SSSR count). The third kappa shape index (κ3) is 4.53. The molecule has 0 aliphatic rings. The summed E-state index contributed by atoms with van der Waals surface area (Å²) >= 11 is 1.38. The molecule has 2 aromatic rings. The van der Waals surface area contributed by atoms with Crippen LogP contribution in [0.5, 0.6) is 0 Å². The Morgan fingerprint density at radius 3 is 2.57 bits per heavy atom. The van der Waals surface area contributed by atoms with Crippen LogP contribution in [-0.4, -0.2) is 24.7 Å². The van der Waals surface area contributed by atoms with Crippen LogP contribution in [0.1, 0.15) is 10.4 Å². The van der Waals surface area contributed by atoms with Gasteiger partial charge in [0.05, 0.1) is 5.56 Å². The van der Waals surface area contributed by atoms with Crippen LogP contribution >= 0.6 is 11.8 Å². The third-order valence-electron chi connectivity index (χ3n) is 2.86.